The van der Waals surface area contributed by atoms with Gasteiger partial charge in [-0.2, -0.15) is 13.2 Å². The smallest absolute Gasteiger partial charge is 0.309 e. The number of anilines is 1. The topological polar surface area (TPSA) is 46.4 Å². The third-order valence-electron chi connectivity index (χ3n) is 4.08. The summed E-state index contributed by atoms with van der Waals surface area (Å²) in [6.45, 7) is 0.856. The van der Waals surface area contributed by atoms with E-state index in [1.807, 2.05) is 0 Å². The lowest BCUT2D eigenvalue weighted by Gasteiger charge is -2.15. The zero-order valence-electron chi connectivity index (χ0n) is 14.3. The van der Waals surface area contributed by atoms with Gasteiger partial charge >= 0.3 is 6.18 Å². The van der Waals surface area contributed by atoms with Gasteiger partial charge in [0.25, 0.3) is 0 Å². The van der Waals surface area contributed by atoms with Crippen LogP contribution in [0.3, 0.4) is 0 Å². The van der Waals surface area contributed by atoms with Crippen LogP contribution in [0.5, 0.6) is 0 Å². The number of fused-ring (bicyclic) bond motifs is 1. The molecule has 1 unspecified atom stereocenters. The SMILES string of the molecule is CC(CC(=O)Nc1nc2ccc(F)cn2c1-c1ccc(F)c(F)c1)C(F)(F)F. The number of hydrogen-bond donors (Lipinski definition) is 1. The quantitative estimate of drug-likeness (QED) is 0.629. The molecule has 10 heteroatoms. The molecule has 0 aliphatic heterocycles. The number of hydrogen-bond acceptors (Lipinski definition) is 2. The van der Waals surface area contributed by atoms with Gasteiger partial charge in [-0.1, -0.05) is 6.92 Å². The molecule has 2 heterocycles. The second kappa shape index (κ2) is 7.17. The first kappa shape index (κ1) is 19.7. The van der Waals surface area contributed by atoms with Gasteiger partial charge in [-0.15, -0.1) is 0 Å². The van der Waals surface area contributed by atoms with E-state index in [1.54, 1.807) is 0 Å². The fourth-order valence-corrected chi connectivity index (χ4v) is 2.60. The molecule has 1 atom stereocenters. The van der Waals surface area contributed by atoms with Gasteiger partial charge in [0.15, 0.2) is 17.5 Å². The number of alkyl halides is 3. The fraction of sp³-hybridized carbons (Fsp3) is 0.222. The molecule has 3 rings (SSSR count). The number of carbonyl (C=O) groups is 1. The standard InChI is InChI=1S/C18H13F6N3O/c1-9(18(22,23)24)6-15(28)26-17-16(10-2-4-12(20)13(21)7-10)27-8-11(19)3-5-14(27)25-17/h2-5,7-9H,6H2,1H3,(H,26,28). The van der Waals surface area contributed by atoms with Crippen LogP contribution in [0.2, 0.25) is 0 Å². The van der Waals surface area contributed by atoms with E-state index in [0.717, 1.165) is 31.3 Å². The van der Waals surface area contributed by atoms with Gasteiger partial charge in [0.2, 0.25) is 5.91 Å². The highest BCUT2D eigenvalue weighted by atomic mass is 19.4. The number of pyridine rings is 1. The van der Waals surface area contributed by atoms with Crippen molar-refractivity contribution in [2.24, 2.45) is 5.92 Å². The highest BCUT2D eigenvalue weighted by Crippen LogP contribution is 2.32. The summed E-state index contributed by atoms with van der Waals surface area (Å²) in [5, 5.41) is 2.25. The fourth-order valence-electron chi connectivity index (χ4n) is 2.60. The summed E-state index contributed by atoms with van der Waals surface area (Å²) in [7, 11) is 0. The number of nitrogens with one attached hydrogen (secondary N) is 1. The first-order valence-electron chi connectivity index (χ1n) is 8.06. The molecule has 0 radical (unpaired) electrons. The van der Waals surface area contributed by atoms with Crippen LogP contribution in [0.1, 0.15) is 13.3 Å². The Hall–Kier alpha value is -3.04. The molecule has 0 aliphatic rings. The maximum atomic E-state index is 13.7. The number of aromatic nitrogens is 2. The molecule has 0 saturated heterocycles. The molecule has 0 bridgehead atoms. The van der Waals surface area contributed by atoms with Crippen molar-refractivity contribution in [3.63, 3.8) is 0 Å². The minimum atomic E-state index is -4.55. The maximum absolute atomic E-state index is 13.7. The van der Waals surface area contributed by atoms with E-state index in [2.05, 4.69) is 10.3 Å². The molecule has 1 aromatic carbocycles. The molecular formula is C18H13F6N3O. The van der Waals surface area contributed by atoms with Crippen molar-refractivity contribution in [2.75, 3.05) is 5.32 Å². The van der Waals surface area contributed by atoms with Gasteiger partial charge in [-0.05, 0) is 30.3 Å². The van der Waals surface area contributed by atoms with Gasteiger partial charge in [0, 0.05) is 18.2 Å². The largest absolute Gasteiger partial charge is 0.392 e. The van der Waals surface area contributed by atoms with E-state index >= 15 is 0 Å². The third-order valence-corrected chi connectivity index (χ3v) is 4.08. The Kier molecular flexibility index (Phi) is 5.05. The van der Waals surface area contributed by atoms with Crippen LogP contribution in [-0.2, 0) is 4.79 Å². The Balaban J connectivity index is 2.04. The Morgan fingerprint density at radius 2 is 1.86 bits per heavy atom. The van der Waals surface area contributed by atoms with Crippen molar-refractivity contribution in [1.82, 2.24) is 9.38 Å². The summed E-state index contributed by atoms with van der Waals surface area (Å²) in [6.07, 6.45) is -4.40. The lowest BCUT2D eigenvalue weighted by Crippen LogP contribution is -2.25. The van der Waals surface area contributed by atoms with E-state index in [0.29, 0.717) is 0 Å². The molecule has 1 N–H and O–H groups in total. The lowest BCUT2D eigenvalue weighted by molar-refractivity contribution is -0.173. The normalized spacial score (nSPS) is 13.0. The van der Waals surface area contributed by atoms with Crippen molar-refractivity contribution in [3.8, 4) is 11.3 Å². The summed E-state index contributed by atoms with van der Waals surface area (Å²) in [5.41, 5.74) is 0.206. The first-order valence-corrected chi connectivity index (χ1v) is 8.06. The van der Waals surface area contributed by atoms with E-state index in [4.69, 9.17) is 0 Å². The molecule has 0 spiro atoms. The van der Waals surface area contributed by atoms with Crippen molar-refractivity contribution >= 4 is 17.4 Å². The molecule has 0 saturated carbocycles. The molecule has 28 heavy (non-hydrogen) atoms. The van der Waals surface area contributed by atoms with Gasteiger partial charge < -0.3 is 5.32 Å². The number of imidazole rings is 1. The molecule has 4 nitrogen and oxygen atoms in total. The Morgan fingerprint density at radius 3 is 2.50 bits per heavy atom. The molecule has 2 aromatic heterocycles. The van der Waals surface area contributed by atoms with Crippen LogP contribution >= 0.6 is 0 Å². The predicted molar refractivity (Wildman–Crippen MR) is 89.0 cm³/mol. The monoisotopic (exact) mass is 401 g/mol. The Bertz CT molecular complexity index is 1040. The number of rotatable bonds is 4. The van der Waals surface area contributed by atoms with Crippen molar-refractivity contribution < 1.29 is 31.1 Å². The lowest BCUT2D eigenvalue weighted by atomic mass is 10.1. The van der Waals surface area contributed by atoms with Gasteiger partial charge in [0.1, 0.15) is 11.5 Å². The van der Waals surface area contributed by atoms with Crippen LogP contribution in [0, 0.1) is 23.4 Å². The zero-order valence-corrected chi connectivity index (χ0v) is 14.3. The van der Waals surface area contributed by atoms with Crippen LogP contribution in [-0.4, -0.2) is 21.5 Å². The highest BCUT2D eigenvalue weighted by Gasteiger charge is 2.37. The second-order valence-electron chi connectivity index (χ2n) is 6.21. The Labute approximate surface area is 154 Å². The van der Waals surface area contributed by atoms with Crippen LogP contribution in [0.25, 0.3) is 16.9 Å². The molecular weight excluding hydrogens is 388 g/mol. The molecule has 1 amide bonds. The maximum Gasteiger partial charge on any atom is 0.392 e. The average molecular weight is 401 g/mol. The van der Waals surface area contributed by atoms with Crippen LogP contribution < -0.4 is 5.32 Å². The zero-order chi connectivity index (χ0) is 20.6. The third kappa shape index (κ3) is 3.95. The highest BCUT2D eigenvalue weighted by molar-refractivity contribution is 5.94. The van der Waals surface area contributed by atoms with Crippen molar-refractivity contribution in [1.29, 1.82) is 0 Å². The predicted octanol–water partition coefficient (Wildman–Crippen LogP) is 4.95. The molecule has 148 valence electrons. The van der Waals surface area contributed by atoms with E-state index in [1.165, 1.54) is 16.5 Å². The number of nitrogens with zero attached hydrogens (tertiary/aromatic N) is 2. The summed E-state index contributed by atoms with van der Waals surface area (Å²) >= 11 is 0. The minimum Gasteiger partial charge on any atom is -0.309 e. The number of carbonyl (C=O) groups excluding carboxylic acids is 1. The van der Waals surface area contributed by atoms with Gasteiger partial charge in [0.05, 0.1) is 11.6 Å². The van der Waals surface area contributed by atoms with Gasteiger partial charge in [-0.25, -0.2) is 18.2 Å². The molecule has 0 aliphatic carbocycles. The first-order chi connectivity index (χ1) is 13.1. The summed E-state index contributed by atoms with van der Waals surface area (Å²) in [5.74, 6) is -6.04. The minimum absolute atomic E-state index is 0.00131. The number of benzene rings is 1. The van der Waals surface area contributed by atoms with Crippen molar-refractivity contribution in [2.45, 2.75) is 19.5 Å². The molecule has 0 fully saturated rings. The Morgan fingerprint density at radius 1 is 1.14 bits per heavy atom. The van der Waals surface area contributed by atoms with E-state index in [9.17, 15) is 31.1 Å². The van der Waals surface area contributed by atoms with Crippen LogP contribution in [0.4, 0.5) is 32.2 Å². The number of amides is 1. The van der Waals surface area contributed by atoms with E-state index < -0.39 is 41.9 Å². The van der Waals surface area contributed by atoms with E-state index in [-0.39, 0.29) is 22.7 Å². The van der Waals surface area contributed by atoms with Crippen molar-refractivity contribution in [3.05, 3.63) is 54.0 Å². The summed E-state index contributed by atoms with van der Waals surface area (Å²) in [6, 6.07) is 5.19. The second-order valence-corrected chi connectivity index (χ2v) is 6.21. The summed E-state index contributed by atoms with van der Waals surface area (Å²) < 4.78 is 79.8. The van der Waals surface area contributed by atoms with Gasteiger partial charge in [-0.3, -0.25) is 9.20 Å². The number of halogens is 6. The average Bonchev–Trinajstić information content (AvgIpc) is 2.93. The molecule has 3 aromatic rings. The van der Waals surface area contributed by atoms with Crippen LogP contribution in [0.15, 0.2) is 36.5 Å². The summed E-state index contributed by atoms with van der Waals surface area (Å²) in [4.78, 5) is 16.1.